The second-order valence-corrected chi connectivity index (χ2v) is 8.79. The van der Waals surface area contributed by atoms with E-state index in [4.69, 9.17) is 38.1 Å². The Balaban J connectivity index is 1.84. The zero-order valence-electron chi connectivity index (χ0n) is 15.9. The van der Waals surface area contributed by atoms with Crippen LogP contribution in [0.1, 0.15) is 38.4 Å². The Morgan fingerprint density at radius 2 is 1.97 bits per heavy atom. The Morgan fingerprint density at radius 3 is 2.69 bits per heavy atom. The van der Waals surface area contributed by atoms with Crippen molar-refractivity contribution in [1.82, 2.24) is 0 Å². The molecule has 4 rings (SSSR count). The molecular weight excluding hydrogens is 411 g/mol. The minimum atomic E-state index is -0.709. The molecule has 2 heterocycles. The molecule has 148 valence electrons. The molecule has 29 heavy (non-hydrogen) atoms. The molecule has 2 aromatic rings. The third-order valence-corrected chi connectivity index (χ3v) is 6.02. The molecule has 0 spiro atoms. The maximum atomic E-state index is 13.0. The summed E-state index contributed by atoms with van der Waals surface area (Å²) in [4.78, 5) is 13.0. The fourth-order valence-corrected chi connectivity index (χ4v) is 4.31. The number of benzene rings is 1. The lowest BCUT2D eigenvalue weighted by atomic mass is 9.71. The molecule has 1 aromatic heterocycles. The molecule has 1 unspecified atom stereocenters. The second-order valence-electron chi connectivity index (χ2n) is 8.01. The van der Waals surface area contributed by atoms with Crippen molar-refractivity contribution in [3.63, 3.8) is 0 Å². The Morgan fingerprint density at radius 1 is 1.21 bits per heavy atom. The fourth-order valence-electron chi connectivity index (χ4n) is 3.92. The number of nitrogens with two attached hydrogens (primary N) is 1. The van der Waals surface area contributed by atoms with Crippen LogP contribution < -0.4 is 5.73 Å². The van der Waals surface area contributed by atoms with Crippen molar-refractivity contribution in [2.24, 2.45) is 11.1 Å². The van der Waals surface area contributed by atoms with Gasteiger partial charge in [0, 0.05) is 24.0 Å². The van der Waals surface area contributed by atoms with Crippen molar-refractivity contribution in [2.45, 2.75) is 32.6 Å². The average molecular weight is 429 g/mol. The summed E-state index contributed by atoms with van der Waals surface area (Å²) < 4.78 is 11.7. The summed E-state index contributed by atoms with van der Waals surface area (Å²) in [6, 6.07) is 10.8. The predicted molar refractivity (Wildman–Crippen MR) is 110 cm³/mol. The number of nitrogens with zero attached hydrogens (tertiary/aromatic N) is 1. The zero-order chi connectivity index (χ0) is 20.9. The molecule has 0 radical (unpaired) electrons. The highest BCUT2D eigenvalue weighted by molar-refractivity contribution is 6.43. The number of carbonyl (C=O) groups is 1. The number of hydrogen-bond donors (Lipinski definition) is 1. The van der Waals surface area contributed by atoms with Gasteiger partial charge < -0.3 is 14.9 Å². The van der Waals surface area contributed by atoms with Crippen LogP contribution in [0.2, 0.25) is 10.0 Å². The van der Waals surface area contributed by atoms with Gasteiger partial charge in [0.1, 0.15) is 28.9 Å². The van der Waals surface area contributed by atoms with E-state index in [1.54, 1.807) is 30.3 Å². The molecule has 2 aliphatic rings. The highest BCUT2D eigenvalue weighted by Crippen LogP contribution is 2.48. The Kier molecular flexibility index (Phi) is 4.72. The van der Waals surface area contributed by atoms with E-state index in [1.165, 1.54) is 0 Å². The first-order chi connectivity index (χ1) is 13.7. The summed E-state index contributed by atoms with van der Waals surface area (Å²) in [7, 11) is 0. The van der Waals surface area contributed by atoms with Crippen molar-refractivity contribution in [3.8, 4) is 17.4 Å². The summed E-state index contributed by atoms with van der Waals surface area (Å²) in [5.41, 5.74) is 7.01. The van der Waals surface area contributed by atoms with Crippen molar-refractivity contribution in [3.05, 3.63) is 68.9 Å². The molecular formula is C22H18Cl2N2O3. The van der Waals surface area contributed by atoms with Crippen LogP contribution in [0.3, 0.4) is 0 Å². The lowest BCUT2D eigenvalue weighted by Crippen LogP contribution is -2.33. The van der Waals surface area contributed by atoms with Gasteiger partial charge in [-0.15, -0.1) is 0 Å². The third-order valence-electron chi connectivity index (χ3n) is 5.20. The molecule has 7 heteroatoms. The van der Waals surface area contributed by atoms with Crippen LogP contribution in [0.15, 0.2) is 57.5 Å². The van der Waals surface area contributed by atoms with Crippen molar-refractivity contribution < 1.29 is 13.9 Å². The average Bonchev–Trinajstić information content (AvgIpc) is 3.11. The first-order valence-corrected chi connectivity index (χ1v) is 9.85. The van der Waals surface area contributed by atoms with Crippen LogP contribution in [0, 0.1) is 16.7 Å². The maximum Gasteiger partial charge on any atom is 0.205 e. The topological polar surface area (TPSA) is 89.2 Å². The molecule has 0 fully saturated rings. The molecule has 0 bridgehead atoms. The Bertz CT molecular complexity index is 1140. The zero-order valence-corrected chi connectivity index (χ0v) is 17.4. The number of allylic oxidation sites excluding steroid dienone is 3. The molecule has 2 N–H and O–H groups in total. The van der Waals surface area contributed by atoms with E-state index in [-0.39, 0.29) is 22.7 Å². The van der Waals surface area contributed by atoms with E-state index in [2.05, 4.69) is 6.07 Å². The number of halogens is 2. The lowest BCUT2D eigenvalue weighted by Gasteiger charge is -2.36. The standard InChI is InChI=1S/C22H18Cl2N2O3/c1-22(2)8-14(27)19-17(9-22)29-21(26)12(10-25)18(19)16-7-6-15(28-16)11-4-3-5-13(23)20(11)24/h3-7,18H,8-9,26H2,1-2H3. The number of rotatable bonds is 2. The van der Waals surface area contributed by atoms with E-state index in [9.17, 15) is 10.1 Å². The van der Waals surface area contributed by atoms with Crippen molar-refractivity contribution in [1.29, 1.82) is 5.26 Å². The minimum Gasteiger partial charge on any atom is -0.460 e. The smallest absolute Gasteiger partial charge is 0.205 e. The number of ketones is 1. The monoisotopic (exact) mass is 428 g/mol. The molecule has 1 aromatic carbocycles. The summed E-state index contributed by atoms with van der Waals surface area (Å²) in [5.74, 6) is 0.645. The summed E-state index contributed by atoms with van der Waals surface area (Å²) in [6.07, 6.45) is 0.912. The van der Waals surface area contributed by atoms with Crippen LogP contribution in [0.5, 0.6) is 0 Å². The third kappa shape index (κ3) is 3.33. The summed E-state index contributed by atoms with van der Waals surface area (Å²) in [5, 5.41) is 10.5. The first-order valence-electron chi connectivity index (χ1n) is 9.10. The first kappa shape index (κ1) is 19.6. The Labute approximate surface area is 178 Å². The quantitative estimate of drug-likeness (QED) is 0.661. The van der Waals surface area contributed by atoms with Crippen LogP contribution in [0.4, 0.5) is 0 Å². The normalized spacial score (nSPS) is 20.9. The largest absolute Gasteiger partial charge is 0.460 e. The minimum absolute atomic E-state index is 0.000452. The van der Waals surface area contributed by atoms with E-state index in [1.807, 2.05) is 13.8 Å². The second kappa shape index (κ2) is 6.98. The number of Topliss-reactive ketones (excluding diaryl/α,β-unsaturated/α-hetero) is 1. The molecule has 1 aliphatic heterocycles. The molecule has 1 atom stereocenters. The van der Waals surface area contributed by atoms with Gasteiger partial charge in [0.25, 0.3) is 0 Å². The number of hydrogen-bond acceptors (Lipinski definition) is 5. The number of carbonyl (C=O) groups excluding carboxylic acids is 1. The van der Waals surface area contributed by atoms with Gasteiger partial charge in [-0.2, -0.15) is 5.26 Å². The van der Waals surface area contributed by atoms with Crippen molar-refractivity contribution >= 4 is 29.0 Å². The van der Waals surface area contributed by atoms with Gasteiger partial charge in [-0.05, 0) is 29.7 Å². The summed E-state index contributed by atoms with van der Waals surface area (Å²) >= 11 is 12.4. The van der Waals surface area contributed by atoms with Crippen LogP contribution >= 0.6 is 23.2 Å². The highest BCUT2D eigenvalue weighted by Gasteiger charge is 2.44. The molecule has 0 saturated carbocycles. The molecule has 1 aliphatic carbocycles. The molecule has 0 amide bonds. The van der Waals surface area contributed by atoms with Crippen LogP contribution in [0.25, 0.3) is 11.3 Å². The van der Waals surface area contributed by atoms with Gasteiger partial charge in [-0.3, -0.25) is 4.79 Å². The number of furan rings is 1. The van der Waals surface area contributed by atoms with Gasteiger partial charge in [-0.1, -0.05) is 43.1 Å². The molecule has 0 saturated heterocycles. The number of nitriles is 1. The van der Waals surface area contributed by atoms with Crippen molar-refractivity contribution in [2.75, 3.05) is 0 Å². The molecule has 5 nitrogen and oxygen atoms in total. The lowest BCUT2D eigenvalue weighted by molar-refractivity contribution is -0.119. The SMILES string of the molecule is CC1(C)CC(=O)C2=C(C1)OC(N)=C(C#N)C2c1ccc(-c2cccc(Cl)c2Cl)o1. The van der Waals surface area contributed by atoms with Gasteiger partial charge in [0.15, 0.2) is 5.78 Å². The summed E-state index contributed by atoms with van der Waals surface area (Å²) in [6.45, 7) is 4.00. The number of ether oxygens (including phenoxy) is 1. The van der Waals surface area contributed by atoms with Crippen LogP contribution in [-0.4, -0.2) is 5.78 Å². The van der Waals surface area contributed by atoms with E-state index < -0.39 is 5.92 Å². The fraction of sp³-hybridized carbons (Fsp3) is 0.273. The van der Waals surface area contributed by atoms with Crippen LogP contribution in [-0.2, 0) is 9.53 Å². The van der Waals surface area contributed by atoms with E-state index >= 15 is 0 Å². The van der Waals surface area contributed by atoms with Gasteiger partial charge in [0.2, 0.25) is 5.88 Å². The Hall–Kier alpha value is -2.68. The van der Waals surface area contributed by atoms with E-state index in [0.29, 0.717) is 51.3 Å². The van der Waals surface area contributed by atoms with Gasteiger partial charge in [-0.25, -0.2) is 0 Å². The highest BCUT2D eigenvalue weighted by atomic mass is 35.5. The predicted octanol–water partition coefficient (Wildman–Crippen LogP) is 5.70. The van der Waals surface area contributed by atoms with Gasteiger partial charge >= 0.3 is 0 Å². The van der Waals surface area contributed by atoms with E-state index in [0.717, 1.165) is 0 Å². The maximum absolute atomic E-state index is 13.0. The van der Waals surface area contributed by atoms with Gasteiger partial charge in [0.05, 0.1) is 16.0 Å².